The summed E-state index contributed by atoms with van der Waals surface area (Å²) in [5.41, 5.74) is 0. The Balaban J connectivity index is 0. The molecule has 0 saturated heterocycles. The number of aliphatic carboxylic acids is 1. The summed E-state index contributed by atoms with van der Waals surface area (Å²) in [7, 11) is 0. The molecule has 0 aromatic carbocycles. The topological polar surface area (TPSA) is 37.3 Å². The first-order valence-electron chi connectivity index (χ1n) is 1.05. The van der Waals surface area contributed by atoms with E-state index in [1.54, 1.807) is 0 Å². The van der Waals surface area contributed by atoms with E-state index in [0.29, 0.717) is 0 Å². The van der Waals surface area contributed by atoms with E-state index in [0.717, 1.165) is 0 Å². The summed E-state index contributed by atoms with van der Waals surface area (Å²) in [4.78, 5) is 8.99. The summed E-state index contributed by atoms with van der Waals surface area (Å²) < 4.78 is 10.5. The molecule has 0 aromatic heterocycles. The molecule has 0 bridgehead atoms. The van der Waals surface area contributed by atoms with E-state index in [4.69, 9.17) is 9.90 Å². The normalized spacial score (nSPS) is 6.17. The van der Waals surface area contributed by atoms with Gasteiger partial charge in [0.2, 0.25) is 0 Å². The monoisotopic (exact) mass is 150 g/mol. The van der Waals surface area contributed by atoms with Crippen LogP contribution < -0.4 is 0 Å². The van der Waals surface area contributed by atoms with Crippen molar-refractivity contribution < 1.29 is 14.3 Å². The zero-order valence-corrected chi connectivity index (χ0v) is 2.44. The molecule has 0 aliphatic heterocycles. The van der Waals surface area contributed by atoms with Gasteiger partial charge in [-0.1, -0.05) is 0 Å². The molecular weight excluding hydrogens is 145 g/mol. The van der Waals surface area contributed by atoms with Gasteiger partial charge in [-0.15, -0.1) is 0 Å². The van der Waals surface area contributed by atoms with Crippen LogP contribution in [0.3, 0.4) is 0 Å². The van der Waals surface area contributed by atoms with Gasteiger partial charge in [0.15, 0.2) is 6.67 Å². The molecule has 0 radical (unpaired) electrons. The molecule has 6 heavy (non-hydrogen) atoms. The number of carboxylic acid groups (broad SMARTS) is 1. The maximum atomic E-state index is 10.5. The number of carbonyl (C=O) groups is 1. The van der Waals surface area contributed by atoms with Gasteiger partial charge in [-0.25, -0.2) is 9.18 Å². The van der Waals surface area contributed by atoms with Crippen LogP contribution in [0.25, 0.3) is 0 Å². The second-order valence-corrected chi connectivity index (χ2v) is 0.527. The fraction of sp³-hybridized carbons (Fsp3) is 0.500. The van der Waals surface area contributed by atoms with E-state index in [2.05, 4.69) is 0 Å². The number of carboxylic acids is 1. The van der Waals surface area contributed by atoms with Crippen molar-refractivity contribution in [2.45, 2.75) is 0 Å². The predicted octanol–water partition coefficient (Wildman–Crippen LogP) is -1.14. The molecule has 0 saturated carbocycles. The molecule has 0 aliphatic rings. The molecule has 1 N–H and O–H groups in total. The first kappa shape index (κ1) is 9.40. The number of hydrogen-bond acceptors (Lipinski definition) is 1. The van der Waals surface area contributed by atoms with E-state index >= 15 is 0 Å². The molecule has 0 heterocycles. The minimum absolute atomic E-state index is 0. The van der Waals surface area contributed by atoms with Gasteiger partial charge < -0.3 is 5.11 Å². The summed E-state index contributed by atoms with van der Waals surface area (Å²) in [5.74, 6) is -1.41. The van der Waals surface area contributed by atoms with E-state index in [1.165, 1.54) is 0 Å². The Bertz CT molecular complexity index is 46.8. The number of halogens is 1. The SMILES string of the molecule is O=C(O)CF.[GaH3]. The van der Waals surface area contributed by atoms with Gasteiger partial charge in [-0.2, -0.15) is 0 Å². The molecule has 4 heteroatoms. The zero-order chi connectivity index (χ0) is 4.28. The van der Waals surface area contributed by atoms with Crippen molar-refractivity contribution in [2.75, 3.05) is 6.67 Å². The van der Waals surface area contributed by atoms with E-state index in [9.17, 15) is 4.39 Å². The second-order valence-electron chi connectivity index (χ2n) is 0.527. The van der Waals surface area contributed by atoms with E-state index in [1.807, 2.05) is 0 Å². The Morgan fingerprint density at radius 2 is 2.00 bits per heavy atom. The van der Waals surface area contributed by atoms with Crippen molar-refractivity contribution in [3.05, 3.63) is 0 Å². The average Bonchev–Trinajstić information content (AvgIpc) is 1.38. The molecule has 0 atom stereocenters. The Hall–Kier alpha value is 0.0364. The molecular formula is C2H6FGaO2. The number of alkyl halides is 1. The van der Waals surface area contributed by atoms with Crippen LogP contribution in [-0.2, 0) is 4.79 Å². The minimum atomic E-state index is -1.41. The van der Waals surface area contributed by atoms with Crippen molar-refractivity contribution in [1.82, 2.24) is 0 Å². The van der Waals surface area contributed by atoms with Crippen molar-refractivity contribution in [2.24, 2.45) is 0 Å². The predicted molar refractivity (Wildman–Crippen MR) is 23.5 cm³/mol. The third-order valence-corrected chi connectivity index (χ3v) is 0.114. The number of rotatable bonds is 1. The summed E-state index contributed by atoms with van der Waals surface area (Å²) in [6.07, 6.45) is 0. The van der Waals surface area contributed by atoms with Crippen molar-refractivity contribution in [3.8, 4) is 0 Å². The Morgan fingerprint density at radius 1 is 1.83 bits per heavy atom. The Labute approximate surface area is 47.4 Å². The Morgan fingerprint density at radius 3 is 2.00 bits per heavy atom. The summed E-state index contributed by atoms with van der Waals surface area (Å²) in [6, 6.07) is 0. The first-order chi connectivity index (χ1) is 2.27. The van der Waals surface area contributed by atoms with Crippen LogP contribution in [0.2, 0.25) is 0 Å². The molecule has 0 aliphatic carbocycles. The van der Waals surface area contributed by atoms with Gasteiger partial charge in [-0.3, -0.25) is 0 Å². The van der Waals surface area contributed by atoms with Crippen molar-refractivity contribution >= 4 is 25.8 Å². The number of hydrogen-bond donors (Lipinski definition) is 1. The molecule has 0 rings (SSSR count). The average molecular weight is 151 g/mol. The van der Waals surface area contributed by atoms with E-state index in [-0.39, 0.29) is 19.8 Å². The van der Waals surface area contributed by atoms with Crippen molar-refractivity contribution in [3.63, 3.8) is 0 Å². The molecule has 0 spiro atoms. The molecule has 0 aromatic rings. The standard InChI is InChI=1S/C2H3FO2.Ga.3H/c3-1-2(4)5;;;;/h1H2,(H,4,5);;;;. The van der Waals surface area contributed by atoms with Gasteiger partial charge in [0.05, 0.1) is 0 Å². The first-order valence-corrected chi connectivity index (χ1v) is 1.05. The zero-order valence-electron chi connectivity index (χ0n) is 2.44. The van der Waals surface area contributed by atoms with Gasteiger partial charge in [-0.05, 0) is 0 Å². The van der Waals surface area contributed by atoms with Gasteiger partial charge >= 0.3 is 25.8 Å². The molecule has 2 nitrogen and oxygen atoms in total. The third-order valence-electron chi connectivity index (χ3n) is 0.114. The van der Waals surface area contributed by atoms with Crippen LogP contribution >= 0.6 is 0 Å². The second kappa shape index (κ2) is 5.04. The van der Waals surface area contributed by atoms with Gasteiger partial charge in [0.25, 0.3) is 0 Å². The molecule has 0 unspecified atom stereocenters. The van der Waals surface area contributed by atoms with Crippen LogP contribution in [0.1, 0.15) is 0 Å². The van der Waals surface area contributed by atoms with E-state index < -0.39 is 12.6 Å². The summed E-state index contributed by atoms with van der Waals surface area (Å²) >= 11 is 0. The van der Waals surface area contributed by atoms with Gasteiger partial charge in [0, 0.05) is 0 Å². The summed E-state index contributed by atoms with van der Waals surface area (Å²) in [6.45, 7) is -1.28. The molecule has 36 valence electrons. The van der Waals surface area contributed by atoms with Gasteiger partial charge in [0.1, 0.15) is 0 Å². The van der Waals surface area contributed by atoms with Crippen LogP contribution in [0.4, 0.5) is 4.39 Å². The fourth-order valence-electron chi connectivity index (χ4n) is 0. The van der Waals surface area contributed by atoms with Crippen LogP contribution in [0.15, 0.2) is 0 Å². The van der Waals surface area contributed by atoms with Crippen LogP contribution in [-0.4, -0.2) is 37.5 Å². The van der Waals surface area contributed by atoms with Crippen LogP contribution in [0, 0.1) is 0 Å². The molecule has 0 fully saturated rings. The third kappa shape index (κ3) is 8.97. The summed E-state index contributed by atoms with van der Waals surface area (Å²) in [5, 5.41) is 7.35. The van der Waals surface area contributed by atoms with Crippen LogP contribution in [0.5, 0.6) is 0 Å². The van der Waals surface area contributed by atoms with Crippen molar-refractivity contribution in [1.29, 1.82) is 0 Å². The Kier molecular flexibility index (Phi) is 7.89. The fourth-order valence-corrected chi connectivity index (χ4v) is 0. The molecule has 0 amide bonds. The maximum absolute atomic E-state index is 10.5. The quantitative estimate of drug-likeness (QED) is 0.480.